The smallest absolute Gasteiger partial charge is 0.368 e. The van der Waals surface area contributed by atoms with E-state index in [1.165, 1.54) is 67.8 Å². The number of hydrogen-bond donors (Lipinski definition) is 1. The number of rotatable bonds is 9. The zero-order chi connectivity index (χ0) is 51.9. The highest BCUT2D eigenvalue weighted by molar-refractivity contribution is 6.31. The van der Waals surface area contributed by atoms with Crippen LogP contribution in [0.1, 0.15) is 75.3 Å². The molecule has 24 heteroatoms. The van der Waals surface area contributed by atoms with E-state index in [4.69, 9.17) is 28.0 Å². The number of fused-ring (bicyclic) bond motifs is 2. The molecule has 2 aromatic carbocycles. The lowest BCUT2D eigenvalue weighted by atomic mass is 10.1. The van der Waals surface area contributed by atoms with Crippen LogP contribution in [-0.2, 0) is 56.4 Å². The van der Waals surface area contributed by atoms with Crippen LogP contribution in [0.25, 0.3) is 0 Å². The molecule has 0 radical (unpaired) electrons. The van der Waals surface area contributed by atoms with E-state index in [9.17, 15) is 38.4 Å². The van der Waals surface area contributed by atoms with Crippen LogP contribution in [0.15, 0.2) is 36.4 Å². The Labute approximate surface area is 440 Å². The summed E-state index contributed by atoms with van der Waals surface area (Å²) >= 11 is 12.7. The van der Waals surface area contributed by atoms with Gasteiger partial charge in [0, 0.05) is 177 Å². The van der Waals surface area contributed by atoms with Crippen molar-refractivity contribution >= 4 is 82.3 Å². The van der Waals surface area contributed by atoms with Crippen molar-refractivity contribution in [1.29, 1.82) is 0 Å². The molecule has 11 rings (SSSR count). The first-order chi connectivity index (χ1) is 35.8. The molecule has 9 fully saturated rings. The monoisotopic (exact) mass is 1070 g/mol. The molecule has 0 aromatic heterocycles. The zero-order valence-electron chi connectivity index (χ0n) is 41.6. The molecule has 1 N–H and O–H groups in total. The first-order valence-electron chi connectivity index (χ1n) is 25.9. The van der Waals surface area contributed by atoms with Gasteiger partial charge in [0.2, 0.25) is 0 Å². The first kappa shape index (κ1) is 53.2. The maximum absolute atomic E-state index is 12.4. The molecule has 0 spiro atoms. The Morgan fingerprint density at radius 3 is 1.34 bits per heavy atom. The van der Waals surface area contributed by atoms with Gasteiger partial charge in [-0.25, -0.2) is 4.79 Å². The number of imide groups is 3. The van der Waals surface area contributed by atoms with Crippen molar-refractivity contribution < 1.29 is 52.9 Å². The fourth-order valence-corrected chi connectivity index (χ4v) is 11.4. The van der Waals surface area contributed by atoms with Gasteiger partial charge in [-0.2, -0.15) is 4.79 Å². The van der Waals surface area contributed by atoms with Gasteiger partial charge in [-0.1, -0.05) is 45.5 Å². The van der Waals surface area contributed by atoms with Crippen molar-refractivity contribution in [3.05, 3.63) is 57.6 Å². The minimum absolute atomic E-state index is 0.0618. The van der Waals surface area contributed by atoms with Crippen LogP contribution in [0.3, 0.4) is 0 Å². The molecule has 0 unspecified atom stereocenters. The van der Waals surface area contributed by atoms with Crippen molar-refractivity contribution in [2.45, 2.75) is 89.4 Å². The molecular weight excluding hydrogens is 1000 g/mol. The fourth-order valence-electron chi connectivity index (χ4n) is 11.1. The Morgan fingerprint density at radius 1 is 0.500 bits per heavy atom. The number of nitrogens with zero attached hydrogens (tertiary/aromatic N) is 10. The summed E-state index contributed by atoms with van der Waals surface area (Å²) in [6.07, 6.45) is 3.08. The van der Waals surface area contributed by atoms with Crippen molar-refractivity contribution in [3.63, 3.8) is 0 Å². The minimum Gasteiger partial charge on any atom is -0.368 e. The molecule has 400 valence electrons. The molecular formula is C50H65Cl2N11O11. The second kappa shape index (κ2) is 24.4. The molecule has 2 atom stereocenters. The number of anilines is 2. The van der Waals surface area contributed by atoms with Gasteiger partial charge in [-0.15, -0.1) is 5.06 Å². The van der Waals surface area contributed by atoms with Crippen LogP contribution in [0.5, 0.6) is 0 Å². The van der Waals surface area contributed by atoms with Gasteiger partial charge in [0.15, 0.2) is 0 Å². The van der Waals surface area contributed by atoms with Crippen molar-refractivity contribution in [1.82, 2.24) is 45.0 Å². The topological polar surface area (TPSA) is 209 Å². The van der Waals surface area contributed by atoms with Gasteiger partial charge in [-0.3, -0.25) is 58.0 Å². The van der Waals surface area contributed by atoms with Gasteiger partial charge in [0.1, 0.15) is 0 Å². The number of hydrogen-bond acceptors (Lipinski definition) is 18. The molecule has 9 saturated heterocycles. The molecule has 9 heterocycles. The van der Waals surface area contributed by atoms with Gasteiger partial charge in [-0.05, 0) is 74.2 Å². The highest BCUT2D eigenvalue weighted by atomic mass is 35.5. The van der Waals surface area contributed by atoms with Crippen molar-refractivity contribution in [2.24, 2.45) is 0 Å². The van der Waals surface area contributed by atoms with Crippen LogP contribution >= 0.6 is 23.2 Å². The normalized spacial score (nSPS) is 24.0. The number of amides is 7. The third-order valence-electron chi connectivity index (χ3n) is 15.1. The highest BCUT2D eigenvalue weighted by Crippen LogP contribution is 2.33. The van der Waals surface area contributed by atoms with Crippen LogP contribution in [0, 0.1) is 0 Å². The summed E-state index contributed by atoms with van der Waals surface area (Å²) in [5.41, 5.74) is 5.25. The zero-order valence-corrected chi connectivity index (χ0v) is 43.1. The molecule has 74 heavy (non-hydrogen) atoms. The Balaban J connectivity index is 0.000000144. The summed E-state index contributed by atoms with van der Waals surface area (Å²) in [6.45, 7) is 17.8. The summed E-state index contributed by atoms with van der Waals surface area (Å²) in [7, 11) is 0. The average Bonchev–Trinajstić information content (AvgIpc) is 4.26. The van der Waals surface area contributed by atoms with Gasteiger partial charge in [0.05, 0.1) is 0 Å². The number of hydroxylamine groups is 6. The number of benzene rings is 2. The fraction of sp³-hybridized carbons (Fsp3) is 0.600. The average molecular weight is 1070 g/mol. The third kappa shape index (κ3) is 13.1. The predicted molar refractivity (Wildman–Crippen MR) is 269 cm³/mol. The van der Waals surface area contributed by atoms with Gasteiger partial charge in [0.25, 0.3) is 35.4 Å². The predicted octanol–water partition coefficient (Wildman–Crippen LogP) is 3.24. The summed E-state index contributed by atoms with van der Waals surface area (Å²) in [4.78, 5) is 122. The maximum Gasteiger partial charge on any atom is 0.560 e. The van der Waals surface area contributed by atoms with E-state index in [1.54, 1.807) is 4.90 Å². The van der Waals surface area contributed by atoms with Crippen LogP contribution in [0.4, 0.5) is 21.0 Å². The summed E-state index contributed by atoms with van der Waals surface area (Å²) in [6, 6.07) is 14.0. The van der Waals surface area contributed by atoms with E-state index < -0.39 is 47.7 Å². The first-order valence-corrected chi connectivity index (χ1v) is 26.7. The highest BCUT2D eigenvalue weighted by Gasteiger charge is 2.39. The number of carbonyl (C=O) groups excluding carboxylic acids is 8. The molecule has 0 aliphatic carbocycles. The van der Waals surface area contributed by atoms with Gasteiger partial charge >= 0.3 is 12.2 Å². The molecule has 2 aromatic rings. The van der Waals surface area contributed by atoms with Crippen LogP contribution < -0.4 is 15.1 Å². The third-order valence-corrected chi connectivity index (χ3v) is 15.6. The SMILES string of the molecule is Clc1ccc(CN2CCNCC2)c(N2CCN3CCC[C@@H]3C2)c1.O=C(ON1C(=O)CCC1=O)N1CCN(Cc2ccc(Cl)cc2N2CCN3CCC[C@@H]3C2)CC1.O=C(ON1C(=O)CCC1=O)ON1C(=O)CCC1=O. The molecule has 9 aliphatic rings. The Hall–Kier alpha value is -5.62. The number of nitrogens with one attached hydrogen (secondary N) is 1. The Kier molecular flexibility index (Phi) is 17.5. The van der Waals surface area contributed by atoms with Crippen molar-refractivity contribution in [2.75, 3.05) is 115 Å². The molecule has 22 nitrogen and oxygen atoms in total. The van der Waals surface area contributed by atoms with E-state index in [0.717, 1.165) is 88.1 Å². The molecule has 9 aliphatic heterocycles. The van der Waals surface area contributed by atoms with Crippen LogP contribution in [-0.4, -0.2) is 204 Å². The molecule has 0 saturated carbocycles. The second-order valence-corrected chi connectivity index (χ2v) is 20.8. The van der Waals surface area contributed by atoms with E-state index >= 15 is 0 Å². The van der Waals surface area contributed by atoms with E-state index in [1.807, 2.05) is 6.07 Å². The number of piperazine rings is 4. The van der Waals surface area contributed by atoms with E-state index in [2.05, 4.69) is 74.7 Å². The standard InChI is InChI=1S/C23H30ClN5O4.C18H27ClN4.C9H8N2O7/c24-18-4-3-17(20(14-18)28-13-12-26-7-1-2-19(26)16-28)15-25-8-10-27(11-9-25)23(32)33-29-21(30)5-6-22(29)31;19-16-4-3-15(13-21-8-5-20-6-9-21)18(12-16)23-11-10-22-7-1-2-17(22)14-23;12-5-1-2-6(13)10(5)17-9(16)18-11-7(14)3-4-8(11)15/h3-4,14,19H,1-2,5-13,15-16H2;3-4,12,17,20H,1-2,5-11,13-14H2;1-4H2/t19-;17-;/m11./s1. The maximum atomic E-state index is 12.4. The Bertz CT molecular complexity index is 2370. The summed E-state index contributed by atoms with van der Waals surface area (Å²) < 4.78 is 0. The number of halogens is 2. The lowest BCUT2D eigenvalue weighted by Crippen LogP contribution is -2.51. The second-order valence-electron chi connectivity index (χ2n) is 19.9. The number of carbonyl (C=O) groups is 8. The Morgan fingerprint density at radius 2 is 0.905 bits per heavy atom. The quantitative estimate of drug-likeness (QED) is 0.358. The summed E-state index contributed by atoms with van der Waals surface area (Å²) in [5.74, 6) is -3.65. The summed E-state index contributed by atoms with van der Waals surface area (Å²) in [5, 5.41) is 6.17. The molecule has 7 amide bonds. The minimum atomic E-state index is -1.48. The lowest BCUT2D eigenvalue weighted by molar-refractivity contribution is -0.198. The van der Waals surface area contributed by atoms with Crippen LogP contribution in [0.2, 0.25) is 10.0 Å². The molecule has 0 bridgehead atoms. The lowest BCUT2D eigenvalue weighted by Gasteiger charge is -2.40. The largest absolute Gasteiger partial charge is 0.560 e. The van der Waals surface area contributed by atoms with Crippen molar-refractivity contribution in [3.8, 4) is 0 Å². The van der Waals surface area contributed by atoms with E-state index in [-0.39, 0.29) is 48.7 Å². The van der Waals surface area contributed by atoms with Gasteiger partial charge < -0.3 is 24.9 Å². The van der Waals surface area contributed by atoms with E-state index in [0.29, 0.717) is 37.3 Å².